The van der Waals surface area contributed by atoms with Gasteiger partial charge in [0, 0.05) is 12.1 Å². The number of nitrogens with one attached hydrogen (secondary N) is 1. The number of rotatable bonds is 4. The molecule has 1 heterocycles. The highest BCUT2D eigenvalue weighted by Crippen LogP contribution is 2.18. The number of anilines is 1. The second kappa shape index (κ2) is 5.47. The van der Waals surface area contributed by atoms with Crippen LogP contribution in [0.1, 0.15) is 11.6 Å². The Morgan fingerprint density at radius 1 is 1.12 bits per heavy atom. The van der Waals surface area contributed by atoms with Crippen LogP contribution in [-0.2, 0) is 0 Å². The number of aromatic nitrogens is 2. The van der Waals surface area contributed by atoms with Crippen molar-refractivity contribution < 1.29 is 0 Å². The van der Waals surface area contributed by atoms with Crippen molar-refractivity contribution in [1.29, 1.82) is 0 Å². The molecule has 1 atom stereocenters. The minimum Gasteiger partial charge on any atom is -0.361 e. The molecule has 1 aromatic heterocycles. The molecule has 0 fully saturated rings. The fourth-order valence-corrected chi connectivity index (χ4v) is 1.71. The number of hydrogen-bond acceptors (Lipinski definition) is 3. The maximum absolute atomic E-state index is 5.94. The molecule has 3 nitrogen and oxygen atoms in total. The summed E-state index contributed by atoms with van der Waals surface area (Å²) in [7, 11) is 0. The first-order chi connectivity index (χ1) is 7.90. The lowest BCUT2D eigenvalue weighted by molar-refractivity contribution is 0.868. The van der Waals surface area contributed by atoms with Crippen molar-refractivity contribution in [3.63, 3.8) is 0 Å². The Morgan fingerprint density at radius 3 is 2.56 bits per heavy atom. The minimum absolute atomic E-state index is 0.0552. The van der Waals surface area contributed by atoms with Crippen LogP contribution < -0.4 is 5.32 Å². The van der Waals surface area contributed by atoms with Gasteiger partial charge in [-0.3, -0.25) is 0 Å². The van der Waals surface area contributed by atoms with Gasteiger partial charge in [0.1, 0.15) is 5.82 Å². The Hall–Kier alpha value is -1.61. The van der Waals surface area contributed by atoms with Crippen molar-refractivity contribution in [2.24, 2.45) is 0 Å². The largest absolute Gasteiger partial charge is 0.361 e. The van der Waals surface area contributed by atoms with E-state index in [2.05, 4.69) is 15.5 Å². The molecule has 0 aliphatic carbocycles. The van der Waals surface area contributed by atoms with E-state index in [0.29, 0.717) is 5.88 Å². The number of halogens is 1. The SMILES string of the molecule is ClCC(Nc1cccnn1)c1ccccc1. The Balaban J connectivity index is 2.13. The zero-order valence-electron chi connectivity index (χ0n) is 8.68. The van der Waals surface area contributed by atoms with Gasteiger partial charge in [-0.1, -0.05) is 30.3 Å². The van der Waals surface area contributed by atoms with Crippen LogP contribution in [0.5, 0.6) is 0 Å². The van der Waals surface area contributed by atoms with Crippen LogP contribution in [0.4, 0.5) is 5.82 Å². The van der Waals surface area contributed by atoms with Crippen molar-refractivity contribution in [2.45, 2.75) is 6.04 Å². The predicted octanol–water partition coefficient (Wildman–Crippen LogP) is 2.87. The van der Waals surface area contributed by atoms with E-state index in [0.717, 1.165) is 11.4 Å². The maximum Gasteiger partial charge on any atom is 0.149 e. The Labute approximate surface area is 99.5 Å². The molecule has 82 valence electrons. The van der Waals surface area contributed by atoms with Gasteiger partial charge in [-0.05, 0) is 17.7 Å². The molecule has 2 aromatic rings. The number of nitrogens with zero attached hydrogens (tertiary/aromatic N) is 2. The standard InChI is InChI=1S/C12H12ClN3/c13-9-11(10-5-2-1-3-6-10)15-12-7-4-8-14-16-12/h1-8,11H,9H2,(H,15,16). The van der Waals surface area contributed by atoms with Crippen LogP contribution in [0.2, 0.25) is 0 Å². The zero-order chi connectivity index (χ0) is 11.2. The van der Waals surface area contributed by atoms with Gasteiger partial charge in [-0.15, -0.1) is 16.7 Å². The molecule has 16 heavy (non-hydrogen) atoms. The molecule has 1 aromatic carbocycles. The Kier molecular flexibility index (Phi) is 3.72. The summed E-state index contributed by atoms with van der Waals surface area (Å²) in [4.78, 5) is 0. The molecule has 4 heteroatoms. The second-order valence-corrected chi connectivity index (χ2v) is 3.68. The summed E-state index contributed by atoms with van der Waals surface area (Å²) in [5.41, 5.74) is 1.14. The van der Waals surface area contributed by atoms with Crippen molar-refractivity contribution in [3.8, 4) is 0 Å². The van der Waals surface area contributed by atoms with Gasteiger partial charge in [0.05, 0.1) is 6.04 Å². The van der Waals surface area contributed by atoms with Crippen molar-refractivity contribution in [3.05, 3.63) is 54.2 Å². The highest BCUT2D eigenvalue weighted by atomic mass is 35.5. The van der Waals surface area contributed by atoms with Gasteiger partial charge < -0.3 is 5.32 Å². The van der Waals surface area contributed by atoms with E-state index in [1.807, 2.05) is 42.5 Å². The number of hydrogen-bond donors (Lipinski definition) is 1. The summed E-state index contributed by atoms with van der Waals surface area (Å²) in [5.74, 6) is 1.22. The maximum atomic E-state index is 5.94. The van der Waals surface area contributed by atoms with Gasteiger partial charge in [0.2, 0.25) is 0 Å². The van der Waals surface area contributed by atoms with Crippen LogP contribution in [0, 0.1) is 0 Å². The van der Waals surface area contributed by atoms with Crippen molar-refractivity contribution in [1.82, 2.24) is 10.2 Å². The topological polar surface area (TPSA) is 37.8 Å². The van der Waals surface area contributed by atoms with Crippen LogP contribution in [0.25, 0.3) is 0 Å². The van der Waals surface area contributed by atoms with Gasteiger partial charge >= 0.3 is 0 Å². The van der Waals surface area contributed by atoms with Crippen molar-refractivity contribution in [2.75, 3.05) is 11.2 Å². The van der Waals surface area contributed by atoms with Gasteiger partial charge in [-0.2, -0.15) is 5.10 Å². The average Bonchev–Trinajstić information content (AvgIpc) is 2.38. The van der Waals surface area contributed by atoms with Crippen LogP contribution in [0.3, 0.4) is 0 Å². The van der Waals surface area contributed by atoms with E-state index >= 15 is 0 Å². The Morgan fingerprint density at radius 2 is 1.94 bits per heavy atom. The molecular weight excluding hydrogens is 222 g/mol. The summed E-state index contributed by atoms with van der Waals surface area (Å²) in [6.45, 7) is 0. The normalized spacial score (nSPS) is 12.1. The molecule has 1 N–H and O–H groups in total. The number of alkyl halides is 1. The third-order valence-corrected chi connectivity index (χ3v) is 2.56. The first kappa shape index (κ1) is 10.9. The van der Waals surface area contributed by atoms with E-state index < -0.39 is 0 Å². The summed E-state index contributed by atoms with van der Waals surface area (Å²) in [5, 5.41) is 11.0. The van der Waals surface area contributed by atoms with E-state index in [-0.39, 0.29) is 6.04 Å². The molecule has 0 bridgehead atoms. The van der Waals surface area contributed by atoms with Crippen LogP contribution in [-0.4, -0.2) is 16.1 Å². The first-order valence-corrected chi connectivity index (χ1v) is 5.59. The molecule has 0 aliphatic rings. The third kappa shape index (κ3) is 2.70. The highest BCUT2D eigenvalue weighted by Gasteiger charge is 2.09. The average molecular weight is 234 g/mol. The molecule has 0 spiro atoms. The fraction of sp³-hybridized carbons (Fsp3) is 0.167. The molecular formula is C12H12ClN3. The quantitative estimate of drug-likeness (QED) is 0.826. The summed E-state index contributed by atoms with van der Waals surface area (Å²) < 4.78 is 0. The molecule has 0 saturated heterocycles. The molecule has 1 unspecified atom stereocenters. The first-order valence-electron chi connectivity index (χ1n) is 5.05. The van der Waals surface area contributed by atoms with Crippen LogP contribution in [0.15, 0.2) is 48.7 Å². The lowest BCUT2D eigenvalue weighted by atomic mass is 10.1. The predicted molar refractivity (Wildman–Crippen MR) is 65.6 cm³/mol. The fourth-order valence-electron chi connectivity index (χ4n) is 1.45. The molecule has 0 radical (unpaired) electrons. The number of benzene rings is 1. The van der Waals surface area contributed by atoms with E-state index in [9.17, 15) is 0 Å². The van der Waals surface area contributed by atoms with E-state index in [1.165, 1.54) is 0 Å². The summed E-state index contributed by atoms with van der Waals surface area (Å²) >= 11 is 5.94. The molecule has 0 aliphatic heterocycles. The van der Waals surface area contributed by atoms with Crippen LogP contribution >= 0.6 is 11.6 Å². The zero-order valence-corrected chi connectivity index (χ0v) is 9.43. The summed E-state index contributed by atoms with van der Waals surface area (Å²) in [6, 6.07) is 13.8. The van der Waals surface area contributed by atoms with E-state index in [1.54, 1.807) is 6.20 Å². The Bertz CT molecular complexity index is 419. The van der Waals surface area contributed by atoms with E-state index in [4.69, 9.17) is 11.6 Å². The smallest absolute Gasteiger partial charge is 0.149 e. The molecule has 2 rings (SSSR count). The second-order valence-electron chi connectivity index (χ2n) is 3.37. The lowest BCUT2D eigenvalue weighted by Gasteiger charge is -2.16. The monoisotopic (exact) mass is 233 g/mol. The highest BCUT2D eigenvalue weighted by molar-refractivity contribution is 6.18. The van der Waals surface area contributed by atoms with Crippen molar-refractivity contribution >= 4 is 17.4 Å². The lowest BCUT2D eigenvalue weighted by Crippen LogP contribution is -2.13. The van der Waals surface area contributed by atoms with Gasteiger partial charge in [0.25, 0.3) is 0 Å². The molecule has 0 saturated carbocycles. The third-order valence-electron chi connectivity index (χ3n) is 2.25. The molecule has 0 amide bonds. The summed E-state index contributed by atoms with van der Waals surface area (Å²) in [6.07, 6.45) is 1.64. The minimum atomic E-state index is 0.0552. The van der Waals surface area contributed by atoms with Gasteiger partial charge in [0.15, 0.2) is 0 Å². The van der Waals surface area contributed by atoms with Gasteiger partial charge in [-0.25, -0.2) is 0 Å².